The van der Waals surface area contributed by atoms with E-state index in [9.17, 15) is 0 Å². The van der Waals surface area contributed by atoms with E-state index in [0.717, 1.165) is 18.7 Å². The third-order valence-electron chi connectivity index (χ3n) is 2.43. The molecule has 2 heterocycles. The zero-order valence-corrected chi connectivity index (χ0v) is 9.12. The normalized spacial score (nSPS) is 10.8. The van der Waals surface area contributed by atoms with E-state index >= 15 is 0 Å². The first-order valence-corrected chi connectivity index (χ1v) is 5.11. The number of aryl methyl sites for hydroxylation is 1. The Morgan fingerprint density at radius 3 is 3.07 bits per heavy atom. The number of hydrogen-bond acceptors (Lipinski definition) is 2. The molecular formula is C11H16N4. The van der Waals surface area contributed by atoms with Crippen LogP contribution < -0.4 is 5.32 Å². The molecule has 0 saturated carbocycles. The first-order chi connectivity index (χ1) is 7.31. The van der Waals surface area contributed by atoms with Crippen LogP contribution in [0.25, 0.3) is 11.1 Å². The number of nitrogens with zero attached hydrogens (tertiary/aromatic N) is 2. The lowest BCUT2D eigenvalue weighted by atomic mass is 10.1. The van der Waals surface area contributed by atoms with Crippen LogP contribution in [0.3, 0.4) is 0 Å². The fraction of sp³-hybridized carbons (Fsp3) is 0.364. The lowest BCUT2D eigenvalue weighted by molar-refractivity contribution is 0.717. The van der Waals surface area contributed by atoms with Gasteiger partial charge in [-0.25, -0.2) is 0 Å². The summed E-state index contributed by atoms with van der Waals surface area (Å²) >= 11 is 0. The minimum absolute atomic E-state index is 0.953. The predicted octanol–water partition coefficient (Wildman–Crippen LogP) is 1.18. The molecule has 0 spiro atoms. The van der Waals surface area contributed by atoms with Crippen molar-refractivity contribution in [1.29, 1.82) is 0 Å². The number of likely N-dealkylation sites (N-methyl/N-ethyl adjacent to an activating group) is 1. The SMILES string of the molecule is CNCCc1nn(C)cc1-c1cc[nH]c1. The van der Waals surface area contributed by atoms with Gasteiger partial charge in [0, 0.05) is 49.7 Å². The van der Waals surface area contributed by atoms with Gasteiger partial charge >= 0.3 is 0 Å². The standard InChI is InChI=1S/C11H16N4/c1-12-5-4-11-10(8-15(2)14-11)9-3-6-13-7-9/h3,6-8,12-13H,4-5H2,1-2H3. The molecule has 4 heteroatoms. The van der Waals surface area contributed by atoms with Gasteiger partial charge in [-0.15, -0.1) is 0 Å². The lowest BCUT2D eigenvalue weighted by Gasteiger charge is -1.99. The second-order valence-electron chi connectivity index (χ2n) is 3.62. The van der Waals surface area contributed by atoms with Crippen LogP contribution in [-0.4, -0.2) is 28.4 Å². The van der Waals surface area contributed by atoms with Gasteiger partial charge in [0.1, 0.15) is 0 Å². The molecule has 0 bridgehead atoms. The molecule has 2 aromatic rings. The smallest absolute Gasteiger partial charge is 0.0716 e. The van der Waals surface area contributed by atoms with E-state index in [1.54, 1.807) is 0 Å². The summed E-state index contributed by atoms with van der Waals surface area (Å²) in [7, 11) is 3.91. The van der Waals surface area contributed by atoms with E-state index in [4.69, 9.17) is 0 Å². The molecule has 0 fully saturated rings. The van der Waals surface area contributed by atoms with Crippen molar-refractivity contribution >= 4 is 0 Å². The number of rotatable bonds is 4. The minimum atomic E-state index is 0.953. The molecule has 0 atom stereocenters. The monoisotopic (exact) mass is 204 g/mol. The molecule has 0 saturated heterocycles. The zero-order chi connectivity index (χ0) is 10.7. The number of H-pyrrole nitrogens is 1. The van der Waals surface area contributed by atoms with Crippen LogP contribution in [-0.2, 0) is 13.5 Å². The Kier molecular flexibility index (Phi) is 2.87. The quantitative estimate of drug-likeness (QED) is 0.785. The van der Waals surface area contributed by atoms with Crippen molar-refractivity contribution in [2.75, 3.05) is 13.6 Å². The van der Waals surface area contributed by atoms with Crippen LogP contribution in [0.15, 0.2) is 24.7 Å². The average molecular weight is 204 g/mol. The molecule has 0 aliphatic rings. The highest BCUT2D eigenvalue weighted by Crippen LogP contribution is 2.22. The van der Waals surface area contributed by atoms with E-state index in [1.807, 2.05) is 31.2 Å². The second-order valence-corrected chi connectivity index (χ2v) is 3.62. The Bertz CT molecular complexity index is 414. The second kappa shape index (κ2) is 4.31. The largest absolute Gasteiger partial charge is 0.367 e. The Morgan fingerprint density at radius 1 is 1.53 bits per heavy atom. The molecule has 2 N–H and O–H groups in total. The van der Waals surface area contributed by atoms with Gasteiger partial charge in [-0.05, 0) is 13.1 Å². The highest BCUT2D eigenvalue weighted by molar-refractivity contribution is 5.64. The van der Waals surface area contributed by atoms with E-state index < -0.39 is 0 Å². The summed E-state index contributed by atoms with van der Waals surface area (Å²) < 4.78 is 1.87. The molecule has 2 rings (SSSR count). The minimum Gasteiger partial charge on any atom is -0.367 e. The van der Waals surface area contributed by atoms with Crippen molar-refractivity contribution in [1.82, 2.24) is 20.1 Å². The molecule has 0 aliphatic carbocycles. The van der Waals surface area contributed by atoms with Crippen molar-refractivity contribution in [2.45, 2.75) is 6.42 Å². The summed E-state index contributed by atoms with van der Waals surface area (Å²) in [6, 6.07) is 2.07. The van der Waals surface area contributed by atoms with E-state index in [0.29, 0.717) is 0 Å². The van der Waals surface area contributed by atoms with Crippen molar-refractivity contribution in [3.63, 3.8) is 0 Å². The van der Waals surface area contributed by atoms with Crippen molar-refractivity contribution in [3.8, 4) is 11.1 Å². The van der Waals surface area contributed by atoms with E-state index in [1.165, 1.54) is 11.1 Å². The number of nitrogens with one attached hydrogen (secondary N) is 2. The van der Waals surface area contributed by atoms with Crippen LogP contribution in [0, 0.1) is 0 Å². The van der Waals surface area contributed by atoms with Gasteiger partial charge < -0.3 is 10.3 Å². The van der Waals surface area contributed by atoms with Gasteiger partial charge in [-0.2, -0.15) is 5.10 Å². The topological polar surface area (TPSA) is 45.6 Å². The molecule has 0 amide bonds. The number of aromatic amines is 1. The molecule has 4 nitrogen and oxygen atoms in total. The van der Waals surface area contributed by atoms with Crippen LogP contribution >= 0.6 is 0 Å². The molecule has 0 unspecified atom stereocenters. The maximum Gasteiger partial charge on any atom is 0.0716 e. The maximum absolute atomic E-state index is 4.47. The molecule has 0 aromatic carbocycles. The first kappa shape index (κ1) is 9.98. The fourth-order valence-electron chi connectivity index (χ4n) is 1.70. The van der Waals surface area contributed by atoms with Crippen molar-refractivity contribution in [3.05, 3.63) is 30.4 Å². The third-order valence-corrected chi connectivity index (χ3v) is 2.43. The van der Waals surface area contributed by atoms with Crippen LogP contribution in [0.1, 0.15) is 5.69 Å². The van der Waals surface area contributed by atoms with Gasteiger partial charge in [0.15, 0.2) is 0 Å². The van der Waals surface area contributed by atoms with Gasteiger partial charge in [0.2, 0.25) is 0 Å². The summed E-state index contributed by atoms with van der Waals surface area (Å²) in [5.41, 5.74) is 3.56. The van der Waals surface area contributed by atoms with Crippen molar-refractivity contribution < 1.29 is 0 Å². The van der Waals surface area contributed by atoms with Gasteiger partial charge in [0.05, 0.1) is 5.69 Å². The summed E-state index contributed by atoms with van der Waals surface area (Å²) in [4.78, 5) is 3.07. The third kappa shape index (κ3) is 2.10. The molecular weight excluding hydrogens is 188 g/mol. The summed E-state index contributed by atoms with van der Waals surface area (Å²) in [6.07, 6.45) is 6.95. The summed E-state index contributed by atoms with van der Waals surface area (Å²) in [5.74, 6) is 0. The average Bonchev–Trinajstić information content (AvgIpc) is 2.83. The zero-order valence-electron chi connectivity index (χ0n) is 9.12. The first-order valence-electron chi connectivity index (χ1n) is 5.11. The number of hydrogen-bond donors (Lipinski definition) is 2. The lowest BCUT2D eigenvalue weighted by Crippen LogP contribution is -2.11. The van der Waals surface area contributed by atoms with Gasteiger partial charge in [-0.1, -0.05) is 0 Å². The van der Waals surface area contributed by atoms with Crippen LogP contribution in [0.4, 0.5) is 0 Å². The fourth-order valence-corrected chi connectivity index (χ4v) is 1.70. The van der Waals surface area contributed by atoms with Gasteiger partial charge in [0.25, 0.3) is 0 Å². The van der Waals surface area contributed by atoms with Gasteiger partial charge in [-0.3, -0.25) is 4.68 Å². The number of aromatic nitrogens is 3. The molecule has 80 valence electrons. The highest BCUT2D eigenvalue weighted by Gasteiger charge is 2.09. The molecule has 0 radical (unpaired) electrons. The summed E-state index contributed by atoms with van der Waals surface area (Å²) in [6.45, 7) is 0.953. The molecule has 0 aliphatic heterocycles. The molecule has 2 aromatic heterocycles. The maximum atomic E-state index is 4.47. The predicted molar refractivity (Wildman–Crippen MR) is 60.6 cm³/mol. The Hall–Kier alpha value is -1.55. The van der Waals surface area contributed by atoms with Crippen LogP contribution in [0.5, 0.6) is 0 Å². The Morgan fingerprint density at radius 2 is 2.40 bits per heavy atom. The van der Waals surface area contributed by atoms with Crippen LogP contribution in [0.2, 0.25) is 0 Å². The summed E-state index contributed by atoms with van der Waals surface area (Å²) in [5, 5.41) is 7.61. The Balaban J connectivity index is 2.29. The highest BCUT2D eigenvalue weighted by atomic mass is 15.3. The van der Waals surface area contributed by atoms with Crippen molar-refractivity contribution in [2.24, 2.45) is 7.05 Å². The molecule has 15 heavy (non-hydrogen) atoms. The van der Waals surface area contributed by atoms with E-state index in [-0.39, 0.29) is 0 Å². The van der Waals surface area contributed by atoms with E-state index in [2.05, 4.69) is 27.7 Å². The Labute approximate surface area is 89.3 Å².